The standard InChI is InChI=1S/C13H15ClN4OS/c1-18(2)8-7-11(19)15-13-17-16-12(20-13)9-5-3-4-6-10(9)14/h3-6H,7-8H2,1-2H3,(H,15,17,19). The van der Waals surface area contributed by atoms with Gasteiger partial charge in [-0.2, -0.15) is 0 Å². The number of carbonyl (C=O) groups excluding carboxylic acids is 1. The van der Waals surface area contributed by atoms with Crippen molar-refractivity contribution in [2.45, 2.75) is 6.42 Å². The summed E-state index contributed by atoms with van der Waals surface area (Å²) in [5.41, 5.74) is 0.820. The summed E-state index contributed by atoms with van der Waals surface area (Å²) in [5, 5.41) is 12.6. The van der Waals surface area contributed by atoms with Gasteiger partial charge in [0.15, 0.2) is 5.01 Å². The number of aromatic nitrogens is 2. The molecule has 5 nitrogen and oxygen atoms in total. The van der Waals surface area contributed by atoms with E-state index in [9.17, 15) is 4.79 Å². The lowest BCUT2D eigenvalue weighted by atomic mass is 10.2. The van der Waals surface area contributed by atoms with Crippen LogP contribution in [0.15, 0.2) is 24.3 Å². The summed E-state index contributed by atoms with van der Waals surface area (Å²) in [5.74, 6) is -0.0689. The SMILES string of the molecule is CN(C)CCC(=O)Nc1nnc(-c2ccccc2Cl)s1. The number of hydrogen-bond donors (Lipinski definition) is 1. The van der Waals surface area contributed by atoms with E-state index in [4.69, 9.17) is 11.6 Å². The van der Waals surface area contributed by atoms with Crippen LogP contribution in [0.3, 0.4) is 0 Å². The van der Waals surface area contributed by atoms with Crippen LogP contribution in [0.1, 0.15) is 6.42 Å². The highest BCUT2D eigenvalue weighted by Gasteiger charge is 2.11. The molecule has 2 aromatic rings. The highest BCUT2D eigenvalue weighted by Crippen LogP contribution is 2.31. The van der Waals surface area contributed by atoms with Crippen LogP contribution in [-0.2, 0) is 4.79 Å². The van der Waals surface area contributed by atoms with Gasteiger partial charge in [-0.05, 0) is 20.2 Å². The smallest absolute Gasteiger partial charge is 0.227 e. The van der Waals surface area contributed by atoms with Gasteiger partial charge < -0.3 is 10.2 Å². The Balaban J connectivity index is 2.03. The van der Waals surface area contributed by atoms with Crippen molar-refractivity contribution in [1.29, 1.82) is 0 Å². The van der Waals surface area contributed by atoms with Gasteiger partial charge in [0.1, 0.15) is 0 Å². The second kappa shape index (κ2) is 6.78. The normalized spacial score (nSPS) is 10.8. The average molecular weight is 311 g/mol. The third-order valence-electron chi connectivity index (χ3n) is 2.56. The number of carbonyl (C=O) groups is 1. The molecule has 1 aromatic heterocycles. The molecule has 0 saturated heterocycles. The fourth-order valence-electron chi connectivity index (χ4n) is 1.52. The van der Waals surface area contributed by atoms with Crippen molar-refractivity contribution in [3.8, 4) is 10.6 Å². The Morgan fingerprint density at radius 3 is 2.80 bits per heavy atom. The molecule has 7 heteroatoms. The Morgan fingerprint density at radius 1 is 1.35 bits per heavy atom. The Kier molecular flexibility index (Phi) is 5.05. The molecule has 1 aromatic carbocycles. The Morgan fingerprint density at radius 2 is 2.10 bits per heavy atom. The van der Waals surface area contributed by atoms with E-state index in [0.29, 0.717) is 28.1 Å². The van der Waals surface area contributed by atoms with E-state index in [2.05, 4.69) is 15.5 Å². The van der Waals surface area contributed by atoms with Gasteiger partial charge in [-0.25, -0.2) is 0 Å². The minimum atomic E-state index is -0.0689. The summed E-state index contributed by atoms with van der Waals surface area (Å²) in [7, 11) is 3.85. The number of nitrogens with zero attached hydrogens (tertiary/aromatic N) is 3. The molecule has 0 radical (unpaired) electrons. The fourth-order valence-corrected chi connectivity index (χ4v) is 2.60. The van der Waals surface area contributed by atoms with Crippen molar-refractivity contribution < 1.29 is 4.79 Å². The molecule has 106 valence electrons. The van der Waals surface area contributed by atoms with E-state index in [1.807, 2.05) is 37.2 Å². The number of hydrogen-bond acceptors (Lipinski definition) is 5. The van der Waals surface area contributed by atoms with Crippen LogP contribution in [0.5, 0.6) is 0 Å². The van der Waals surface area contributed by atoms with Crippen molar-refractivity contribution in [2.24, 2.45) is 0 Å². The molecule has 0 aliphatic rings. The molecule has 2 rings (SSSR count). The monoisotopic (exact) mass is 310 g/mol. The summed E-state index contributed by atoms with van der Waals surface area (Å²) in [4.78, 5) is 13.7. The van der Waals surface area contributed by atoms with E-state index in [1.54, 1.807) is 6.07 Å². The Hall–Kier alpha value is -1.50. The molecule has 0 fully saturated rings. The zero-order chi connectivity index (χ0) is 14.5. The zero-order valence-electron chi connectivity index (χ0n) is 11.3. The minimum absolute atomic E-state index is 0.0689. The van der Waals surface area contributed by atoms with Gasteiger partial charge in [0.2, 0.25) is 11.0 Å². The number of nitrogens with one attached hydrogen (secondary N) is 1. The van der Waals surface area contributed by atoms with Gasteiger partial charge in [0.05, 0.1) is 5.02 Å². The van der Waals surface area contributed by atoms with Crippen LogP contribution in [0.2, 0.25) is 5.02 Å². The predicted molar refractivity (Wildman–Crippen MR) is 82.2 cm³/mol. The van der Waals surface area contributed by atoms with Crippen LogP contribution in [0.4, 0.5) is 5.13 Å². The third kappa shape index (κ3) is 4.00. The molecule has 0 spiro atoms. The molecule has 0 saturated carbocycles. The van der Waals surface area contributed by atoms with Crippen LogP contribution < -0.4 is 5.32 Å². The number of halogens is 1. The highest BCUT2D eigenvalue weighted by molar-refractivity contribution is 7.18. The average Bonchev–Trinajstić information content (AvgIpc) is 2.85. The summed E-state index contributed by atoms with van der Waals surface area (Å²) in [6.07, 6.45) is 0.425. The van der Waals surface area contributed by atoms with Gasteiger partial charge in [-0.15, -0.1) is 10.2 Å². The first-order valence-electron chi connectivity index (χ1n) is 6.09. The molecule has 1 amide bonds. The molecule has 1 N–H and O–H groups in total. The first kappa shape index (κ1) is 14.9. The number of amides is 1. The van der Waals surface area contributed by atoms with E-state index in [1.165, 1.54) is 11.3 Å². The predicted octanol–water partition coefficient (Wildman–Crippen LogP) is 2.75. The summed E-state index contributed by atoms with van der Waals surface area (Å²) in [6, 6.07) is 7.42. The maximum Gasteiger partial charge on any atom is 0.227 e. The van der Waals surface area contributed by atoms with Crippen molar-refractivity contribution in [2.75, 3.05) is 26.0 Å². The molecule has 0 bridgehead atoms. The van der Waals surface area contributed by atoms with Crippen LogP contribution in [0, 0.1) is 0 Å². The largest absolute Gasteiger partial charge is 0.309 e. The quantitative estimate of drug-likeness (QED) is 0.922. The van der Waals surface area contributed by atoms with Crippen LogP contribution in [-0.4, -0.2) is 41.6 Å². The van der Waals surface area contributed by atoms with Crippen LogP contribution >= 0.6 is 22.9 Å². The lowest BCUT2D eigenvalue weighted by molar-refractivity contribution is -0.116. The van der Waals surface area contributed by atoms with E-state index in [0.717, 1.165) is 5.56 Å². The van der Waals surface area contributed by atoms with Crippen molar-refractivity contribution in [3.63, 3.8) is 0 Å². The molecule has 20 heavy (non-hydrogen) atoms. The molecule has 0 atom stereocenters. The third-order valence-corrected chi connectivity index (χ3v) is 3.76. The molecular weight excluding hydrogens is 296 g/mol. The van der Waals surface area contributed by atoms with Crippen molar-refractivity contribution in [3.05, 3.63) is 29.3 Å². The lowest BCUT2D eigenvalue weighted by Gasteiger charge is -2.07. The number of rotatable bonds is 5. The lowest BCUT2D eigenvalue weighted by Crippen LogP contribution is -2.20. The van der Waals surface area contributed by atoms with E-state index in [-0.39, 0.29) is 5.91 Å². The summed E-state index contributed by atoms with van der Waals surface area (Å²) < 4.78 is 0. The maximum atomic E-state index is 11.7. The molecule has 0 aliphatic heterocycles. The highest BCUT2D eigenvalue weighted by atomic mass is 35.5. The molecule has 0 unspecified atom stereocenters. The second-order valence-corrected chi connectivity index (χ2v) is 5.88. The Bertz CT molecular complexity index is 600. The molecular formula is C13H15ClN4OS. The van der Waals surface area contributed by atoms with Gasteiger partial charge in [0, 0.05) is 18.5 Å². The zero-order valence-corrected chi connectivity index (χ0v) is 12.8. The van der Waals surface area contributed by atoms with E-state index < -0.39 is 0 Å². The number of benzene rings is 1. The van der Waals surface area contributed by atoms with Gasteiger partial charge in [0.25, 0.3) is 0 Å². The molecule has 0 aliphatic carbocycles. The second-order valence-electron chi connectivity index (χ2n) is 4.49. The first-order valence-corrected chi connectivity index (χ1v) is 7.28. The van der Waals surface area contributed by atoms with Gasteiger partial charge in [-0.1, -0.05) is 41.1 Å². The van der Waals surface area contributed by atoms with E-state index >= 15 is 0 Å². The maximum absolute atomic E-state index is 11.7. The van der Waals surface area contributed by atoms with Crippen molar-refractivity contribution >= 4 is 34.0 Å². The first-order chi connectivity index (χ1) is 9.56. The van der Waals surface area contributed by atoms with Gasteiger partial charge in [-0.3, -0.25) is 4.79 Å². The molecule has 1 heterocycles. The topological polar surface area (TPSA) is 58.1 Å². The van der Waals surface area contributed by atoms with Crippen LogP contribution in [0.25, 0.3) is 10.6 Å². The minimum Gasteiger partial charge on any atom is -0.309 e. The summed E-state index contributed by atoms with van der Waals surface area (Å²) in [6.45, 7) is 0.696. The number of anilines is 1. The van der Waals surface area contributed by atoms with Crippen molar-refractivity contribution in [1.82, 2.24) is 15.1 Å². The Labute approximate surface area is 126 Å². The van der Waals surface area contributed by atoms with Gasteiger partial charge >= 0.3 is 0 Å². The fraction of sp³-hybridized carbons (Fsp3) is 0.308. The summed E-state index contributed by atoms with van der Waals surface area (Å²) >= 11 is 7.41.